The molecule has 0 saturated heterocycles. The van der Waals surface area contributed by atoms with Gasteiger partial charge in [0.2, 0.25) is 0 Å². The molecule has 0 saturated carbocycles. The fraction of sp³-hybridized carbons (Fsp3) is 0.182. The predicted molar refractivity (Wildman–Crippen MR) is 57.4 cm³/mol. The van der Waals surface area contributed by atoms with Crippen LogP contribution in [0, 0.1) is 12.7 Å². The van der Waals surface area contributed by atoms with Crippen molar-refractivity contribution < 1.29 is 14.3 Å². The van der Waals surface area contributed by atoms with Gasteiger partial charge in [-0.05, 0) is 31.6 Å². The molecule has 1 aromatic rings. The molecule has 0 aliphatic carbocycles. The van der Waals surface area contributed by atoms with E-state index in [0.717, 1.165) is 0 Å². The van der Waals surface area contributed by atoms with Gasteiger partial charge in [0.15, 0.2) is 0 Å². The highest BCUT2D eigenvalue weighted by Gasteiger charge is 2.09. The second-order valence-electron chi connectivity index (χ2n) is 3.22. The van der Waals surface area contributed by atoms with Crippen LogP contribution in [0.15, 0.2) is 17.7 Å². The normalized spacial score (nSPS) is 11.6. The average Bonchev–Trinajstić information content (AvgIpc) is 2.18. The Balaban J connectivity index is 3.32. The third-order valence-electron chi connectivity index (χ3n) is 2.02. The standard InChI is InChI=1S/C11H10ClFO2/c1-6-3-4-9(12)8(10(6)13)5-7(2)11(14)15/h3-5H,1-2H3,(H,14,15)/b7-5+. The Labute approximate surface area is 92.0 Å². The number of aryl methyl sites for hydroxylation is 1. The van der Waals surface area contributed by atoms with Crippen molar-refractivity contribution in [2.24, 2.45) is 0 Å². The molecule has 0 spiro atoms. The van der Waals surface area contributed by atoms with Gasteiger partial charge in [-0.15, -0.1) is 0 Å². The quantitative estimate of drug-likeness (QED) is 0.789. The number of carbonyl (C=O) groups is 1. The summed E-state index contributed by atoms with van der Waals surface area (Å²) in [5, 5.41) is 8.87. The van der Waals surface area contributed by atoms with Crippen molar-refractivity contribution in [2.45, 2.75) is 13.8 Å². The van der Waals surface area contributed by atoms with Gasteiger partial charge in [-0.1, -0.05) is 17.7 Å². The molecule has 0 fully saturated rings. The van der Waals surface area contributed by atoms with E-state index in [1.165, 1.54) is 13.0 Å². The first-order chi connectivity index (χ1) is 6.93. The van der Waals surface area contributed by atoms with Gasteiger partial charge in [0.05, 0.1) is 5.02 Å². The zero-order valence-corrected chi connectivity index (χ0v) is 9.10. The zero-order valence-electron chi connectivity index (χ0n) is 8.34. The zero-order chi connectivity index (χ0) is 11.6. The van der Waals surface area contributed by atoms with E-state index >= 15 is 0 Å². The van der Waals surface area contributed by atoms with Gasteiger partial charge in [-0.2, -0.15) is 0 Å². The SMILES string of the molecule is C/C(=C\c1c(Cl)ccc(C)c1F)C(=O)O. The number of carboxylic acid groups (broad SMARTS) is 1. The summed E-state index contributed by atoms with van der Waals surface area (Å²) in [5.41, 5.74) is 0.599. The molecule has 0 aromatic heterocycles. The summed E-state index contributed by atoms with van der Waals surface area (Å²) >= 11 is 5.77. The van der Waals surface area contributed by atoms with E-state index in [2.05, 4.69) is 0 Å². The molecule has 4 heteroatoms. The number of aliphatic carboxylic acids is 1. The molecular weight excluding hydrogens is 219 g/mol. The van der Waals surface area contributed by atoms with Crippen molar-refractivity contribution in [2.75, 3.05) is 0 Å². The molecule has 0 heterocycles. The van der Waals surface area contributed by atoms with Crippen molar-refractivity contribution in [3.05, 3.63) is 39.7 Å². The van der Waals surface area contributed by atoms with Gasteiger partial charge in [0.1, 0.15) is 5.82 Å². The molecule has 0 atom stereocenters. The second-order valence-corrected chi connectivity index (χ2v) is 3.63. The van der Waals surface area contributed by atoms with Crippen molar-refractivity contribution in [3.63, 3.8) is 0 Å². The average molecular weight is 229 g/mol. The van der Waals surface area contributed by atoms with Crippen LogP contribution in [0.2, 0.25) is 5.02 Å². The fourth-order valence-electron chi connectivity index (χ4n) is 1.09. The topological polar surface area (TPSA) is 37.3 Å². The van der Waals surface area contributed by atoms with E-state index in [0.29, 0.717) is 5.56 Å². The Morgan fingerprint density at radius 1 is 1.53 bits per heavy atom. The minimum Gasteiger partial charge on any atom is -0.478 e. The minimum atomic E-state index is -1.09. The molecule has 15 heavy (non-hydrogen) atoms. The van der Waals surface area contributed by atoms with Crippen LogP contribution in [0.25, 0.3) is 6.08 Å². The first-order valence-electron chi connectivity index (χ1n) is 4.29. The van der Waals surface area contributed by atoms with Crippen LogP contribution in [0.4, 0.5) is 4.39 Å². The lowest BCUT2D eigenvalue weighted by atomic mass is 10.1. The van der Waals surface area contributed by atoms with E-state index in [4.69, 9.17) is 16.7 Å². The highest BCUT2D eigenvalue weighted by Crippen LogP contribution is 2.24. The molecule has 0 unspecified atom stereocenters. The molecule has 80 valence electrons. The number of halogens is 2. The van der Waals surface area contributed by atoms with Crippen LogP contribution < -0.4 is 0 Å². The third-order valence-corrected chi connectivity index (χ3v) is 2.35. The predicted octanol–water partition coefficient (Wildman–Crippen LogP) is 3.28. The molecule has 2 nitrogen and oxygen atoms in total. The van der Waals surface area contributed by atoms with Crippen molar-refractivity contribution in [1.82, 2.24) is 0 Å². The van der Waals surface area contributed by atoms with Crippen LogP contribution in [0.5, 0.6) is 0 Å². The number of hydrogen-bond donors (Lipinski definition) is 1. The van der Waals surface area contributed by atoms with Crippen molar-refractivity contribution in [3.8, 4) is 0 Å². The first kappa shape index (κ1) is 11.7. The van der Waals surface area contributed by atoms with E-state index < -0.39 is 11.8 Å². The van der Waals surface area contributed by atoms with Crippen molar-refractivity contribution >= 4 is 23.6 Å². The van der Waals surface area contributed by atoms with Crippen LogP contribution in [-0.4, -0.2) is 11.1 Å². The molecule has 0 amide bonds. The second kappa shape index (κ2) is 4.45. The maximum Gasteiger partial charge on any atom is 0.331 e. The molecule has 1 N–H and O–H groups in total. The summed E-state index contributed by atoms with van der Waals surface area (Å²) in [5.74, 6) is -1.57. The Kier molecular flexibility index (Phi) is 3.48. The van der Waals surface area contributed by atoms with Gasteiger partial charge in [0, 0.05) is 11.1 Å². The monoisotopic (exact) mass is 228 g/mol. The maximum absolute atomic E-state index is 13.6. The van der Waals surface area contributed by atoms with E-state index in [-0.39, 0.29) is 16.2 Å². The van der Waals surface area contributed by atoms with E-state index in [1.54, 1.807) is 19.1 Å². The number of hydrogen-bond acceptors (Lipinski definition) is 1. The van der Waals surface area contributed by atoms with Gasteiger partial charge in [-0.25, -0.2) is 9.18 Å². The van der Waals surface area contributed by atoms with Crippen LogP contribution >= 0.6 is 11.6 Å². The van der Waals surface area contributed by atoms with Gasteiger partial charge in [-0.3, -0.25) is 0 Å². The molecule has 0 aliphatic rings. The molecule has 0 aliphatic heterocycles. The Morgan fingerprint density at radius 3 is 2.67 bits per heavy atom. The smallest absolute Gasteiger partial charge is 0.331 e. The minimum absolute atomic E-state index is 0.0430. The number of benzene rings is 1. The molecule has 0 bridgehead atoms. The number of rotatable bonds is 2. The summed E-state index contributed by atoms with van der Waals surface area (Å²) < 4.78 is 13.6. The highest BCUT2D eigenvalue weighted by atomic mass is 35.5. The lowest BCUT2D eigenvalue weighted by Crippen LogP contribution is -1.97. The van der Waals surface area contributed by atoms with Crippen LogP contribution in [0.1, 0.15) is 18.1 Å². The van der Waals surface area contributed by atoms with Gasteiger partial charge >= 0.3 is 5.97 Å². The summed E-state index contributed by atoms with van der Waals surface area (Å²) in [6.07, 6.45) is 1.23. The lowest BCUT2D eigenvalue weighted by Gasteiger charge is -2.04. The highest BCUT2D eigenvalue weighted by molar-refractivity contribution is 6.32. The van der Waals surface area contributed by atoms with E-state index in [1.807, 2.05) is 0 Å². The molecular formula is C11H10ClFO2. The Morgan fingerprint density at radius 2 is 2.13 bits per heavy atom. The third kappa shape index (κ3) is 2.57. The molecule has 0 radical (unpaired) electrons. The van der Waals surface area contributed by atoms with Crippen LogP contribution in [0.3, 0.4) is 0 Å². The Bertz CT molecular complexity index is 438. The molecule has 1 aromatic carbocycles. The van der Waals surface area contributed by atoms with E-state index in [9.17, 15) is 9.18 Å². The van der Waals surface area contributed by atoms with Gasteiger partial charge in [0.25, 0.3) is 0 Å². The fourth-order valence-corrected chi connectivity index (χ4v) is 1.29. The Hall–Kier alpha value is -1.35. The summed E-state index contributed by atoms with van der Waals surface area (Å²) in [4.78, 5) is 10.6. The number of carboxylic acids is 1. The van der Waals surface area contributed by atoms with Crippen LogP contribution in [-0.2, 0) is 4.79 Å². The van der Waals surface area contributed by atoms with Gasteiger partial charge < -0.3 is 5.11 Å². The first-order valence-corrected chi connectivity index (χ1v) is 4.67. The maximum atomic E-state index is 13.6. The lowest BCUT2D eigenvalue weighted by molar-refractivity contribution is -0.132. The largest absolute Gasteiger partial charge is 0.478 e. The summed E-state index contributed by atoms with van der Waals surface area (Å²) in [6, 6.07) is 3.09. The summed E-state index contributed by atoms with van der Waals surface area (Å²) in [7, 11) is 0. The van der Waals surface area contributed by atoms with Crippen molar-refractivity contribution in [1.29, 1.82) is 0 Å². The molecule has 1 rings (SSSR count). The summed E-state index contributed by atoms with van der Waals surface area (Å²) in [6.45, 7) is 2.99.